The Balaban J connectivity index is 2.10. The Morgan fingerprint density at radius 2 is 2.04 bits per heavy atom. The lowest BCUT2D eigenvalue weighted by molar-refractivity contribution is 0.0951. The van der Waals surface area contributed by atoms with Crippen LogP contribution in [0.4, 0.5) is 4.39 Å². The van der Waals surface area contributed by atoms with Crippen LogP contribution in [0.1, 0.15) is 21.5 Å². The van der Waals surface area contributed by atoms with Gasteiger partial charge in [-0.2, -0.15) is 10.4 Å². The van der Waals surface area contributed by atoms with E-state index in [0.717, 1.165) is 24.5 Å². The highest BCUT2D eigenvalue weighted by Gasteiger charge is 2.12. The van der Waals surface area contributed by atoms with Crippen molar-refractivity contribution in [2.75, 3.05) is 6.61 Å². The van der Waals surface area contributed by atoms with E-state index in [-0.39, 0.29) is 11.1 Å². The molecule has 0 saturated carbocycles. The van der Waals surface area contributed by atoms with Crippen LogP contribution in [0.15, 0.2) is 48.1 Å². The van der Waals surface area contributed by atoms with Crippen LogP contribution in [0.3, 0.4) is 0 Å². The molecule has 0 heterocycles. The molecule has 5 nitrogen and oxygen atoms in total. The highest BCUT2D eigenvalue weighted by Crippen LogP contribution is 2.28. The monoisotopic (exact) mass is 575 g/mol. The van der Waals surface area contributed by atoms with Gasteiger partial charge >= 0.3 is 0 Å². The number of benzene rings is 2. The molecule has 0 spiro atoms. The van der Waals surface area contributed by atoms with Crippen molar-refractivity contribution in [2.24, 2.45) is 5.10 Å². The molecule has 0 radical (unpaired) electrons. The fourth-order valence-electron chi connectivity index (χ4n) is 1.93. The highest BCUT2D eigenvalue weighted by atomic mass is 127. The van der Waals surface area contributed by atoms with E-state index in [2.05, 4.69) is 62.3 Å². The molecule has 0 aromatic heterocycles. The van der Waals surface area contributed by atoms with Crippen LogP contribution in [0, 0.1) is 24.3 Å². The summed E-state index contributed by atoms with van der Waals surface area (Å²) in [6.45, 7) is 4.02. The second-order valence-corrected chi connectivity index (χ2v) is 7.24. The number of halogens is 3. The van der Waals surface area contributed by atoms with Crippen LogP contribution < -0.4 is 10.2 Å². The van der Waals surface area contributed by atoms with E-state index in [9.17, 15) is 9.18 Å². The molecule has 132 valence electrons. The molecule has 0 aliphatic rings. The lowest BCUT2D eigenvalue weighted by Crippen LogP contribution is -2.19. The number of nitrogens with one attached hydrogen (secondary N) is 1. The van der Waals surface area contributed by atoms with Crippen molar-refractivity contribution < 1.29 is 13.9 Å². The van der Waals surface area contributed by atoms with Gasteiger partial charge in [0.15, 0.2) is 0 Å². The zero-order chi connectivity index (χ0) is 19.1. The van der Waals surface area contributed by atoms with Gasteiger partial charge in [0.25, 0.3) is 5.91 Å². The summed E-state index contributed by atoms with van der Waals surface area (Å²) in [6.07, 6.45) is 3.13. The quantitative estimate of drug-likeness (QED) is 0.243. The van der Waals surface area contributed by atoms with Gasteiger partial charge in [-0.05, 0) is 81.1 Å². The number of hydrazone groups is 1. The molecule has 8 heteroatoms. The first kappa shape index (κ1) is 20.3. The Morgan fingerprint density at radius 3 is 2.62 bits per heavy atom. The maximum atomic E-state index is 13.8. The smallest absolute Gasteiger partial charge is 0.274 e. The van der Waals surface area contributed by atoms with Gasteiger partial charge in [0, 0.05) is 0 Å². The Hall–Kier alpha value is -2.00. The number of nitriles is 1. The summed E-state index contributed by atoms with van der Waals surface area (Å²) in [4.78, 5) is 12.0. The highest BCUT2D eigenvalue weighted by molar-refractivity contribution is 14.1. The van der Waals surface area contributed by atoms with Gasteiger partial charge in [-0.25, -0.2) is 9.82 Å². The van der Waals surface area contributed by atoms with E-state index in [0.29, 0.717) is 6.61 Å². The first-order chi connectivity index (χ1) is 12.5. The van der Waals surface area contributed by atoms with Gasteiger partial charge in [0.05, 0.1) is 30.6 Å². The summed E-state index contributed by atoms with van der Waals surface area (Å²) in [5.41, 5.74) is 2.99. The van der Waals surface area contributed by atoms with E-state index >= 15 is 0 Å². The Labute approximate surface area is 177 Å². The number of ether oxygens (including phenoxy) is 1. The lowest BCUT2D eigenvalue weighted by Gasteiger charge is -2.09. The summed E-state index contributed by atoms with van der Waals surface area (Å²) in [7, 11) is 0. The molecule has 0 fully saturated rings. The van der Waals surface area contributed by atoms with E-state index in [1.54, 1.807) is 6.08 Å². The van der Waals surface area contributed by atoms with E-state index in [1.165, 1.54) is 18.3 Å². The van der Waals surface area contributed by atoms with Gasteiger partial charge in [-0.3, -0.25) is 4.79 Å². The van der Waals surface area contributed by atoms with Gasteiger partial charge in [-0.1, -0.05) is 12.7 Å². The summed E-state index contributed by atoms with van der Waals surface area (Å²) in [5, 5.41) is 12.6. The van der Waals surface area contributed by atoms with Crippen molar-refractivity contribution in [3.8, 4) is 11.8 Å². The predicted octanol–water partition coefficient (Wildman–Crippen LogP) is 4.24. The van der Waals surface area contributed by atoms with Crippen molar-refractivity contribution in [3.63, 3.8) is 0 Å². The van der Waals surface area contributed by atoms with Crippen LogP contribution in [0.5, 0.6) is 5.75 Å². The van der Waals surface area contributed by atoms with E-state index in [4.69, 9.17) is 10.00 Å². The Morgan fingerprint density at radius 1 is 1.35 bits per heavy atom. The largest absolute Gasteiger partial charge is 0.487 e. The molecule has 0 unspecified atom stereocenters. The second kappa shape index (κ2) is 9.63. The predicted molar refractivity (Wildman–Crippen MR) is 114 cm³/mol. The number of carbonyl (C=O) groups is 1. The minimum atomic E-state index is -0.774. The first-order valence-corrected chi connectivity index (χ1v) is 9.37. The van der Waals surface area contributed by atoms with Gasteiger partial charge in [-0.15, -0.1) is 0 Å². The maximum Gasteiger partial charge on any atom is 0.274 e. The summed E-state index contributed by atoms with van der Waals surface area (Å²) in [5.74, 6) is -0.713. The minimum absolute atomic E-state index is 0.144. The standard InChI is InChI=1S/C18H12FI2N3O2/c1-2-5-26-17-15(20)7-12(8-16(17)21)10-23-24-18(25)13-4-3-11(9-22)6-14(13)19/h2-4,6-8,10H,1,5H2,(H,24,25)/b23-10+. The molecular weight excluding hydrogens is 563 g/mol. The van der Waals surface area contributed by atoms with Crippen molar-refractivity contribution in [1.29, 1.82) is 5.26 Å². The van der Waals surface area contributed by atoms with E-state index < -0.39 is 11.7 Å². The molecule has 2 rings (SSSR count). The van der Waals surface area contributed by atoms with Crippen LogP contribution in [-0.2, 0) is 0 Å². The third kappa shape index (κ3) is 5.25. The normalized spacial score (nSPS) is 10.4. The van der Waals surface area contributed by atoms with Crippen molar-refractivity contribution >= 4 is 57.3 Å². The van der Waals surface area contributed by atoms with Crippen molar-refractivity contribution in [3.05, 3.63) is 72.6 Å². The van der Waals surface area contributed by atoms with Gasteiger partial charge in [0.1, 0.15) is 18.2 Å². The van der Waals surface area contributed by atoms with Gasteiger partial charge < -0.3 is 4.74 Å². The first-order valence-electron chi connectivity index (χ1n) is 7.22. The lowest BCUT2D eigenvalue weighted by atomic mass is 10.1. The van der Waals surface area contributed by atoms with Gasteiger partial charge in [0.2, 0.25) is 0 Å². The van der Waals surface area contributed by atoms with Crippen molar-refractivity contribution in [2.45, 2.75) is 0 Å². The average Bonchev–Trinajstić information content (AvgIpc) is 2.60. The number of rotatable bonds is 6. The number of carbonyl (C=O) groups excluding carboxylic acids is 1. The molecule has 1 amide bonds. The Kier molecular flexibility index (Phi) is 7.52. The molecule has 0 saturated heterocycles. The van der Waals surface area contributed by atoms with E-state index in [1.807, 2.05) is 18.2 Å². The van der Waals surface area contributed by atoms with Crippen LogP contribution in [0.2, 0.25) is 0 Å². The van der Waals surface area contributed by atoms with Crippen molar-refractivity contribution in [1.82, 2.24) is 5.43 Å². The number of hydrogen-bond acceptors (Lipinski definition) is 4. The summed E-state index contributed by atoms with van der Waals surface area (Å²) < 4.78 is 21.2. The average molecular weight is 575 g/mol. The molecular formula is C18H12FI2N3O2. The van der Waals surface area contributed by atoms with Crippen LogP contribution in [-0.4, -0.2) is 18.7 Å². The summed E-state index contributed by atoms with van der Waals surface area (Å²) >= 11 is 4.30. The van der Waals surface area contributed by atoms with Crippen LogP contribution in [0.25, 0.3) is 0 Å². The van der Waals surface area contributed by atoms with Crippen LogP contribution >= 0.6 is 45.2 Å². The zero-order valence-electron chi connectivity index (χ0n) is 13.3. The molecule has 0 aliphatic carbocycles. The number of nitrogens with zero attached hydrogens (tertiary/aromatic N) is 2. The number of amides is 1. The second-order valence-electron chi connectivity index (χ2n) is 4.92. The summed E-state index contributed by atoms with van der Waals surface area (Å²) in [6, 6.07) is 9.12. The zero-order valence-corrected chi connectivity index (χ0v) is 17.6. The third-order valence-corrected chi connectivity index (χ3v) is 4.69. The fraction of sp³-hybridized carbons (Fsp3) is 0.0556. The topological polar surface area (TPSA) is 74.5 Å². The molecule has 2 aromatic carbocycles. The minimum Gasteiger partial charge on any atom is -0.487 e. The Bertz CT molecular complexity index is 900. The molecule has 2 aromatic rings. The molecule has 0 atom stereocenters. The molecule has 1 N–H and O–H groups in total. The maximum absolute atomic E-state index is 13.8. The molecule has 0 bridgehead atoms. The number of hydrogen-bond donors (Lipinski definition) is 1. The SMILES string of the molecule is C=CCOc1c(I)cc(/C=N/NC(=O)c2ccc(C#N)cc2F)cc1I. The molecule has 26 heavy (non-hydrogen) atoms. The fourth-order valence-corrected chi connectivity index (χ4v) is 4.06. The third-order valence-electron chi connectivity index (χ3n) is 3.09. The molecule has 0 aliphatic heterocycles.